The molecular formula is C14H12N4O5S3. The third kappa shape index (κ3) is 4.40. The van der Waals surface area contributed by atoms with Gasteiger partial charge in [0.25, 0.3) is 15.9 Å². The number of ether oxygens (including phenoxy) is 1. The van der Waals surface area contributed by atoms with Gasteiger partial charge in [-0.3, -0.25) is 9.59 Å². The molecule has 26 heavy (non-hydrogen) atoms. The van der Waals surface area contributed by atoms with Gasteiger partial charge in [0.2, 0.25) is 0 Å². The Morgan fingerprint density at radius 3 is 2.77 bits per heavy atom. The number of nitrogens with zero attached hydrogens (tertiary/aromatic N) is 2. The van der Waals surface area contributed by atoms with Gasteiger partial charge in [-0.05, 0) is 23.6 Å². The summed E-state index contributed by atoms with van der Waals surface area (Å²) in [5.74, 6) is -1.44. The molecule has 9 nitrogen and oxygen atoms in total. The van der Waals surface area contributed by atoms with Crippen LogP contribution >= 0.6 is 23.1 Å². The first kappa shape index (κ1) is 18.4. The fourth-order valence-electron chi connectivity index (χ4n) is 1.93. The summed E-state index contributed by atoms with van der Waals surface area (Å²) in [4.78, 5) is 23.5. The maximum Gasteiger partial charge on any atom is 0.321 e. The summed E-state index contributed by atoms with van der Waals surface area (Å²) in [5, 5.41) is 4.18. The summed E-state index contributed by atoms with van der Waals surface area (Å²) in [6.45, 7) is -1.12. The van der Waals surface area contributed by atoms with Crippen LogP contribution in [0.25, 0.3) is 11.0 Å². The number of anilines is 1. The smallest absolute Gasteiger partial charge is 0.321 e. The number of esters is 1. The van der Waals surface area contributed by atoms with Gasteiger partial charge in [0.15, 0.2) is 6.61 Å². The van der Waals surface area contributed by atoms with E-state index in [1.165, 1.54) is 6.07 Å². The van der Waals surface area contributed by atoms with Crippen molar-refractivity contribution >= 4 is 61.7 Å². The van der Waals surface area contributed by atoms with Gasteiger partial charge >= 0.3 is 5.97 Å². The summed E-state index contributed by atoms with van der Waals surface area (Å²) in [6, 6.07) is 8.12. The molecule has 0 bridgehead atoms. The molecule has 0 aliphatic rings. The molecule has 0 atom stereocenters. The Labute approximate surface area is 156 Å². The number of benzene rings is 1. The Balaban J connectivity index is 1.48. The Kier molecular flexibility index (Phi) is 5.56. The van der Waals surface area contributed by atoms with Crippen molar-refractivity contribution < 1.29 is 22.7 Å². The molecule has 3 rings (SSSR count). The van der Waals surface area contributed by atoms with Crippen molar-refractivity contribution in [1.82, 2.24) is 13.5 Å². The number of nitrogens with one attached hydrogen (secondary N) is 2. The average molecular weight is 412 g/mol. The second-order valence-electron chi connectivity index (χ2n) is 4.90. The number of hydrogen-bond donors (Lipinski definition) is 2. The zero-order valence-electron chi connectivity index (χ0n) is 13.0. The molecule has 0 aliphatic carbocycles. The predicted octanol–water partition coefficient (Wildman–Crippen LogP) is 1.21. The predicted molar refractivity (Wildman–Crippen MR) is 96.5 cm³/mol. The molecule has 2 N–H and O–H groups in total. The van der Waals surface area contributed by atoms with Crippen LogP contribution in [-0.2, 0) is 24.3 Å². The summed E-state index contributed by atoms with van der Waals surface area (Å²) in [7, 11) is -3.76. The van der Waals surface area contributed by atoms with Gasteiger partial charge < -0.3 is 10.1 Å². The molecule has 0 aliphatic heterocycles. The van der Waals surface area contributed by atoms with Crippen LogP contribution in [0.4, 0.5) is 5.69 Å². The summed E-state index contributed by atoms with van der Waals surface area (Å²) in [6.07, 6.45) is 0. The number of fused-ring (bicyclic) bond motifs is 1. The number of carbonyl (C=O) groups excluding carboxylic acids is 2. The Bertz CT molecular complexity index is 1030. The number of thiophene rings is 1. The summed E-state index contributed by atoms with van der Waals surface area (Å²) in [5.41, 5.74) is 1.64. The van der Waals surface area contributed by atoms with Crippen LogP contribution in [0.3, 0.4) is 0 Å². The molecule has 1 aromatic carbocycles. The molecule has 136 valence electrons. The molecule has 0 fully saturated rings. The highest BCUT2D eigenvalue weighted by atomic mass is 32.2. The largest absolute Gasteiger partial charge is 0.455 e. The third-order valence-electron chi connectivity index (χ3n) is 3.09. The lowest BCUT2D eigenvalue weighted by Crippen LogP contribution is -2.32. The van der Waals surface area contributed by atoms with E-state index in [0.29, 0.717) is 16.7 Å². The van der Waals surface area contributed by atoms with Crippen molar-refractivity contribution in [2.75, 3.05) is 18.5 Å². The van der Waals surface area contributed by atoms with Gasteiger partial charge in [0.1, 0.15) is 21.8 Å². The van der Waals surface area contributed by atoms with Crippen LogP contribution in [-0.4, -0.2) is 42.2 Å². The maximum absolute atomic E-state index is 11.9. The molecule has 0 spiro atoms. The minimum absolute atomic E-state index is 0.0908. The number of hydrogen-bond acceptors (Lipinski definition) is 9. The SMILES string of the molecule is O=C(COC(=O)CNS(=O)(=O)c1cccs1)Nc1cccc2nsnc12. The highest BCUT2D eigenvalue weighted by molar-refractivity contribution is 7.91. The molecule has 12 heteroatoms. The fraction of sp³-hybridized carbons (Fsp3) is 0.143. The van der Waals surface area contributed by atoms with E-state index in [1.807, 2.05) is 0 Å². The summed E-state index contributed by atoms with van der Waals surface area (Å²) >= 11 is 2.04. The molecule has 1 amide bonds. The number of sulfonamides is 1. The minimum Gasteiger partial charge on any atom is -0.455 e. The van der Waals surface area contributed by atoms with Crippen molar-refractivity contribution in [3.05, 3.63) is 35.7 Å². The Morgan fingerprint density at radius 1 is 1.15 bits per heavy atom. The van der Waals surface area contributed by atoms with Crippen LogP contribution in [0.5, 0.6) is 0 Å². The van der Waals surface area contributed by atoms with Crippen molar-refractivity contribution in [3.63, 3.8) is 0 Å². The van der Waals surface area contributed by atoms with E-state index in [1.54, 1.807) is 29.6 Å². The van der Waals surface area contributed by atoms with Gasteiger partial charge in [-0.15, -0.1) is 11.3 Å². The second-order valence-corrected chi connectivity index (χ2v) is 8.37. The van der Waals surface area contributed by atoms with Crippen LogP contribution in [0.2, 0.25) is 0 Å². The minimum atomic E-state index is -3.76. The first-order chi connectivity index (χ1) is 12.5. The van der Waals surface area contributed by atoms with Gasteiger partial charge in [0.05, 0.1) is 17.4 Å². The molecular weight excluding hydrogens is 400 g/mol. The highest BCUT2D eigenvalue weighted by Gasteiger charge is 2.17. The van der Waals surface area contributed by atoms with E-state index < -0.39 is 35.1 Å². The van der Waals surface area contributed by atoms with Gasteiger partial charge in [0, 0.05) is 0 Å². The Hall–Kier alpha value is -2.41. The molecule has 0 unspecified atom stereocenters. The van der Waals surface area contributed by atoms with Crippen LogP contribution < -0.4 is 10.0 Å². The molecule has 3 aromatic rings. The lowest BCUT2D eigenvalue weighted by atomic mass is 10.2. The standard InChI is InChI=1S/C14H12N4O5S3/c19-11(16-9-3-1-4-10-14(9)18-25-17-10)8-23-12(20)7-15-26(21,22)13-5-2-6-24-13/h1-6,15H,7-8H2,(H,16,19). The summed E-state index contributed by atoms with van der Waals surface area (Å²) < 4.78 is 38.9. The average Bonchev–Trinajstić information content (AvgIpc) is 3.30. The maximum atomic E-state index is 11.9. The lowest BCUT2D eigenvalue weighted by molar-refractivity contribution is -0.146. The van der Waals surface area contributed by atoms with Crippen LogP contribution in [0.1, 0.15) is 0 Å². The lowest BCUT2D eigenvalue weighted by Gasteiger charge is -2.07. The topological polar surface area (TPSA) is 127 Å². The van der Waals surface area contributed by atoms with E-state index in [-0.39, 0.29) is 4.21 Å². The van der Waals surface area contributed by atoms with Crippen LogP contribution in [0.15, 0.2) is 39.9 Å². The van der Waals surface area contributed by atoms with Gasteiger partial charge in [-0.25, -0.2) is 8.42 Å². The molecule has 2 aromatic heterocycles. The fourth-order valence-corrected chi connectivity index (χ4v) is 4.49. The van der Waals surface area contributed by atoms with Crippen molar-refractivity contribution in [2.24, 2.45) is 0 Å². The molecule has 2 heterocycles. The first-order valence-electron chi connectivity index (χ1n) is 7.15. The monoisotopic (exact) mass is 412 g/mol. The number of carbonyl (C=O) groups is 2. The quantitative estimate of drug-likeness (QED) is 0.558. The first-order valence-corrected chi connectivity index (χ1v) is 10.2. The van der Waals surface area contributed by atoms with E-state index in [2.05, 4.69) is 18.8 Å². The van der Waals surface area contributed by atoms with Crippen molar-refractivity contribution in [2.45, 2.75) is 4.21 Å². The van der Waals surface area contributed by atoms with Crippen molar-refractivity contribution in [3.8, 4) is 0 Å². The molecule has 0 saturated carbocycles. The Morgan fingerprint density at radius 2 is 2.00 bits per heavy atom. The van der Waals surface area contributed by atoms with Gasteiger partial charge in [-0.2, -0.15) is 13.5 Å². The van der Waals surface area contributed by atoms with E-state index in [9.17, 15) is 18.0 Å². The van der Waals surface area contributed by atoms with Gasteiger partial charge in [-0.1, -0.05) is 12.1 Å². The van der Waals surface area contributed by atoms with E-state index in [4.69, 9.17) is 4.74 Å². The van der Waals surface area contributed by atoms with Crippen molar-refractivity contribution in [1.29, 1.82) is 0 Å². The number of amides is 1. The zero-order chi connectivity index (χ0) is 18.6. The molecule has 0 radical (unpaired) electrons. The van der Waals surface area contributed by atoms with Crippen LogP contribution in [0, 0.1) is 0 Å². The normalized spacial score (nSPS) is 11.4. The molecule has 0 saturated heterocycles. The highest BCUT2D eigenvalue weighted by Crippen LogP contribution is 2.20. The third-order valence-corrected chi connectivity index (χ3v) is 6.43. The number of aromatic nitrogens is 2. The zero-order valence-corrected chi connectivity index (χ0v) is 15.5. The number of rotatable bonds is 7. The van der Waals surface area contributed by atoms with E-state index in [0.717, 1.165) is 23.1 Å². The van der Waals surface area contributed by atoms with E-state index >= 15 is 0 Å². The second kappa shape index (κ2) is 7.86.